The predicted octanol–water partition coefficient (Wildman–Crippen LogP) is 6.75. The normalized spacial score (nSPS) is 11.2. The van der Waals surface area contributed by atoms with Gasteiger partial charge in [-0.05, 0) is 116 Å². The Hall–Kier alpha value is -0.660. The minimum atomic E-state index is -0.597. The third-order valence-corrected chi connectivity index (χ3v) is 7.55. The van der Waals surface area contributed by atoms with Gasteiger partial charge in [-0.15, -0.1) is 0 Å². The summed E-state index contributed by atoms with van der Waals surface area (Å²) in [4.78, 5) is 0. The van der Waals surface area contributed by atoms with Gasteiger partial charge >= 0.3 is 0 Å². The highest BCUT2D eigenvalue weighted by molar-refractivity contribution is 14.1. The molecule has 0 N–H and O–H groups in total. The first-order chi connectivity index (χ1) is 12.6. The number of halogens is 3. The lowest BCUT2D eigenvalue weighted by Crippen LogP contribution is -2.31. The molecule has 0 bridgehead atoms. The fraction of sp³-hybridized carbons (Fsp3) is 0.136. The molecule has 4 heteroatoms. The standard InChI is InChI=1S/C22H16I3N/c23-19-10-4-1-7-16(19)13-22(15-26,18-9-3-6-12-21(18)25)14-17-8-2-5-11-20(17)24/h1-12H,13-14H2. The molecule has 26 heavy (non-hydrogen) atoms. The van der Waals surface area contributed by atoms with Crippen molar-refractivity contribution in [3.63, 3.8) is 0 Å². The molecular weight excluding hydrogens is 659 g/mol. The van der Waals surface area contributed by atoms with E-state index in [9.17, 15) is 5.26 Å². The van der Waals surface area contributed by atoms with Gasteiger partial charge in [-0.3, -0.25) is 0 Å². The predicted molar refractivity (Wildman–Crippen MR) is 132 cm³/mol. The van der Waals surface area contributed by atoms with Crippen molar-refractivity contribution in [3.05, 3.63) is 100 Å². The smallest absolute Gasteiger partial charge is 0.0913 e. The van der Waals surface area contributed by atoms with Gasteiger partial charge in [-0.1, -0.05) is 54.6 Å². The van der Waals surface area contributed by atoms with Gasteiger partial charge in [-0.2, -0.15) is 5.26 Å². The average Bonchev–Trinajstić information content (AvgIpc) is 2.65. The third-order valence-electron chi connectivity index (χ3n) is 4.50. The molecule has 3 aromatic rings. The van der Waals surface area contributed by atoms with Crippen LogP contribution in [-0.4, -0.2) is 0 Å². The Bertz CT molecular complexity index is 912. The highest BCUT2D eigenvalue weighted by atomic mass is 127. The summed E-state index contributed by atoms with van der Waals surface area (Å²) in [6.45, 7) is 0. The Kier molecular flexibility index (Phi) is 6.97. The summed E-state index contributed by atoms with van der Waals surface area (Å²) < 4.78 is 3.56. The SMILES string of the molecule is N#CC(Cc1ccccc1I)(Cc1ccccc1I)c1ccccc1I. The van der Waals surface area contributed by atoms with Gasteiger partial charge < -0.3 is 0 Å². The molecule has 0 radical (unpaired) electrons. The van der Waals surface area contributed by atoms with E-state index in [1.165, 1.54) is 18.3 Å². The molecule has 0 aliphatic carbocycles. The van der Waals surface area contributed by atoms with Crippen LogP contribution in [0.25, 0.3) is 0 Å². The van der Waals surface area contributed by atoms with E-state index in [4.69, 9.17) is 0 Å². The summed E-state index contributed by atoms with van der Waals surface area (Å²) >= 11 is 7.10. The second-order valence-corrected chi connectivity index (χ2v) is 9.70. The molecule has 0 heterocycles. The van der Waals surface area contributed by atoms with Crippen LogP contribution in [0.2, 0.25) is 0 Å². The number of nitriles is 1. The van der Waals surface area contributed by atoms with Crippen LogP contribution in [0.5, 0.6) is 0 Å². The topological polar surface area (TPSA) is 23.8 Å². The Balaban J connectivity index is 2.14. The van der Waals surface area contributed by atoms with Crippen LogP contribution in [0, 0.1) is 22.0 Å². The zero-order valence-corrected chi connectivity index (χ0v) is 20.4. The van der Waals surface area contributed by atoms with Crippen molar-refractivity contribution in [2.24, 2.45) is 0 Å². The van der Waals surface area contributed by atoms with Crippen molar-refractivity contribution in [1.29, 1.82) is 5.26 Å². The molecule has 3 rings (SSSR count). The highest BCUT2D eigenvalue weighted by Crippen LogP contribution is 2.36. The van der Waals surface area contributed by atoms with Gasteiger partial charge in [0.1, 0.15) is 0 Å². The second-order valence-electron chi connectivity index (χ2n) is 6.21. The molecular formula is C22H16I3N. The molecule has 3 aromatic carbocycles. The van der Waals surface area contributed by atoms with Gasteiger partial charge in [0.2, 0.25) is 0 Å². The average molecular weight is 675 g/mol. The van der Waals surface area contributed by atoms with E-state index in [1.807, 2.05) is 24.3 Å². The molecule has 0 aliphatic heterocycles. The Morgan fingerprint density at radius 2 is 1.08 bits per heavy atom. The van der Waals surface area contributed by atoms with Crippen molar-refractivity contribution in [2.45, 2.75) is 18.3 Å². The molecule has 0 amide bonds. The van der Waals surface area contributed by atoms with Crippen LogP contribution in [0.4, 0.5) is 0 Å². The maximum atomic E-state index is 10.4. The molecule has 0 fully saturated rings. The first-order valence-corrected chi connectivity index (χ1v) is 11.4. The fourth-order valence-corrected chi connectivity index (χ4v) is 5.24. The summed E-state index contributed by atoms with van der Waals surface area (Å²) in [7, 11) is 0. The lowest BCUT2D eigenvalue weighted by molar-refractivity contribution is 0.536. The van der Waals surface area contributed by atoms with E-state index < -0.39 is 5.41 Å². The van der Waals surface area contributed by atoms with Crippen LogP contribution >= 0.6 is 67.8 Å². The third kappa shape index (κ3) is 4.42. The number of hydrogen-bond donors (Lipinski definition) is 0. The number of rotatable bonds is 5. The summed E-state index contributed by atoms with van der Waals surface area (Å²) in [5.41, 5.74) is 2.96. The van der Waals surface area contributed by atoms with Crippen molar-refractivity contribution >= 4 is 67.8 Å². The summed E-state index contributed by atoms with van der Waals surface area (Å²) in [5, 5.41) is 10.4. The van der Waals surface area contributed by atoms with Crippen molar-refractivity contribution in [3.8, 4) is 6.07 Å². The van der Waals surface area contributed by atoms with Gasteiger partial charge in [0, 0.05) is 10.7 Å². The van der Waals surface area contributed by atoms with E-state index in [2.05, 4.69) is 122 Å². The zero-order valence-electron chi connectivity index (χ0n) is 13.9. The molecule has 0 aromatic heterocycles. The summed E-state index contributed by atoms with van der Waals surface area (Å²) in [6, 6.07) is 27.7. The molecule has 0 saturated carbocycles. The fourth-order valence-electron chi connectivity index (χ4n) is 3.18. The minimum absolute atomic E-state index is 0.597. The molecule has 130 valence electrons. The van der Waals surface area contributed by atoms with E-state index in [0.29, 0.717) is 12.8 Å². The second kappa shape index (κ2) is 9.02. The lowest BCUT2D eigenvalue weighted by atomic mass is 9.72. The highest BCUT2D eigenvalue weighted by Gasteiger charge is 2.35. The first kappa shape index (κ1) is 20.1. The van der Waals surface area contributed by atoms with Crippen LogP contribution in [0.3, 0.4) is 0 Å². The van der Waals surface area contributed by atoms with Gasteiger partial charge in [-0.25, -0.2) is 0 Å². The lowest BCUT2D eigenvalue weighted by Gasteiger charge is -2.29. The van der Waals surface area contributed by atoms with E-state index in [0.717, 1.165) is 9.13 Å². The first-order valence-electron chi connectivity index (χ1n) is 8.19. The van der Waals surface area contributed by atoms with Crippen molar-refractivity contribution in [2.75, 3.05) is 0 Å². The van der Waals surface area contributed by atoms with Crippen LogP contribution in [0.15, 0.2) is 72.8 Å². The maximum Gasteiger partial charge on any atom is 0.0913 e. The summed E-state index contributed by atoms with van der Waals surface area (Å²) in [6.07, 6.45) is 1.40. The number of hydrogen-bond acceptors (Lipinski definition) is 1. The number of benzene rings is 3. The molecule has 0 aliphatic rings. The van der Waals surface area contributed by atoms with E-state index >= 15 is 0 Å². The largest absolute Gasteiger partial charge is 0.197 e. The van der Waals surface area contributed by atoms with Gasteiger partial charge in [0.25, 0.3) is 0 Å². The molecule has 1 nitrogen and oxygen atoms in total. The van der Waals surface area contributed by atoms with Crippen LogP contribution in [0.1, 0.15) is 16.7 Å². The Morgan fingerprint density at radius 3 is 1.50 bits per heavy atom. The van der Waals surface area contributed by atoms with Crippen molar-refractivity contribution < 1.29 is 0 Å². The quantitative estimate of drug-likeness (QED) is 0.275. The molecule has 0 atom stereocenters. The van der Waals surface area contributed by atoms with Crippen LogP contribution in [-0.2, 0) is 18.3 Å². The number of nitrogens with zero attached hydrogens (tertiary/aromatic N) is 1. The Labute approximate surface area is 195 Å². The molecule has 0 unspecified atom stereocenters. The van der Waals surface area contributed by atoms with Crippen molar-refractivity contribution in [1.82, 2.24) is 0 Å². The maximum absolute atomic E-state index is 10.4. The van der Waals surface area contributed by atoms with Gasteiger partial charge in [0.15, 0.2) is 0 Å². The zero-order chi connectivity index (χ0) is 18.6. The monoisotopic (exact) mass is 675 g/mol. The minimum Gasteiger partial charge on any atom is -0.197 e. The molecule has 0 spiro atoms. The Morgan fingerprint density at radius 1 is 0.654 bits per heavy atom. The van der Waals surface area contributed by atoms with Crippen LogP contribution < -0.4 is 0 Å². The molecule has 0 saturated heterocycles. The van der Waals surface area contributed by atoms with Gasteiger partial charge in [0.05, 0.1) is 11.5 Å². The summed E-state index contributed by atoms with van der Waals surface area (Å²) in [5.74, 6) is 0. The van der Waals surface area contributed by atoms with E-state index in [-0.39, 0.29) is 0 Å². The van der Waals surface area contributed by atoms with E-state index in [1.54, 1.807) is 0 Å².